The molecule has 1 fully saturated rings. The zero-order valence-electron chi connectivity index (χ0n) is 9.22. The van der Waals surface area contributed by atoms with E-state index in [2.05, 4.69) is 4.74 Å². The minimum atomic E-state index is -1.43. The van der Waals surface area contributed by atoms with E-state index in [1.807, 2.05) is 0 Å². The Balaban J connectivity index is 3.00. The van der Waals surface area contributed by atoms with Gasteiger partial charge in [0.25, 0.3) is 11.8 Å². The maximum Gasteiger partial charge on any atom is 0.328 e. The molecule has 0 saturated carbocycles. The molecule has 1 heterocycles. The molecule has 0 aliphatic carbocycles. The van der Waals surface area contributed by atoms with Crippen LogP contribution in [-0.4, -0.2) is 53.4 Å². The molecule has 7 heteroatoms. The molecule has 2 amide bonds. The summed E-state index contributed by atoms with van der Waals surface area (Å²) in [6.07, 6.45) is 0. The average molecular weight is 244 g/mol. The second-order valence-corrected chi connectivity index (χ2v) is 3.63. The Morgan fingerprint density at radius 3 is 2.12 bits per heavy atom. The summed E-state index contributed by atoms with van der Waals surface area (Å²) in [5.41, 5.74) is 0. The monoisotopic (exact) mass is 244 g/mol. The molecule has 1 aliphatic rings. The van der Waals surface area contributed by atoms with Gasteiger partial charge >= 0.3 is 5.97 Å². The number of carbonyl (C=O) groups excluding carboxylic acids is 3. The van der Waals surface area contributed by atoms with Gasteiger partial charge in [0, 0.05) is 14.1 Å². The largest absolute Gasteiger partial charge is 0.465 e. The molecular weight excluding hydrogens is 232 g/mol. The van der Waals surface area contributed by atoms with Crippen molar-refractivity contribution in [3.8, 4) is 0 Å². The fourth-order valence-corrected chi connectivity index (χ4v) is 1.51. The van der Waals surface area contributed by atoms with Crippen molar-refractivity contribution in [2.24, 2.45) is 5.92 Å². The van der Waals surface area contributed by atoms with Crippen LogP contribution in [0.5, 0.6) is 0 Å². The number of thiocarbonyl (C=S) groups is 1. The molecule has 16 heavy (non-hydrogen) atoms. The first-order valence-corrected chi connectivity index (χ1v) is 5.08. The lowest BCUT2D eigenvalue weighted by Gasteiger charge is -2.34. The van der Waals surface area contributed by atoms with Crippen molar-refractivity contribution in [2.75, 3.05) is 20.7 Å². The zero-order valence-corrected chi connectivity index (χ0v) is 10.0. The number of hydrogen-bond donors (Lipinski definition) is 0. The number of nitrogens with zero attached hydrogens (tertiary/aromatic N) is 2. The van der Waals surface area contributed by atoms with Crippen molar-refractivity contribution in [1.29, 1.82) is 0 Å². The summed E-state index contributed by atoms with van der Waals surface area (Å²) in [7, 11) is 2.83. The summed E-state index contributed by atoms with van der Waals surface area (Å²) in [5.74, 6) is -3.56. The number of ether oxygens (including phenoxy) is 1. The van der Waals surface area contributed by atoms with Crippen LogP contribution in [-0.2, 0) is 19.1 Å². The quantitative estimate of drug-likeness (QED) is 0.368. The number of esters is 1. The van der Waals surface area contributed by atoms with E-state index in [0.717, 1.165) is 9.80 Å². The highest BCUT2D eigenvalue weighted by molar-refractivity contribution is 7.80. The molecular formula is C9H12N2O4S. The predicted octanol–water partition coefficient (Wildman–Crippen LogP) is -0.619. The first kappa shape index (κ1) is 12.6. The van der Waals surface area contributed by atoms with Crippen molar-refractivity contribution >= 4 is 35.1 Å². The van der Waals surface area contributed by atoms with Crippen LogP contribution in [0.25, 0.3) is 0 Å². The van der Waals surface area contributed by atoms with Crippen LogP contribution in [0.15, 0.2) is 0 Å². The van der Waals surface area contributed by atoms with Crippen LogP contribution >= 0.6 is 12.2 Å². The maximum atomic E-state index is 11.7. The van der Waals surface area contributed by atoms with Crippen LogP contribution < -0.4 is 0 Å². The molecule has 0 spiro atoms. The second-order valence-electron chi connectivity index (χ2n) is 3.26. The number of carbonyl (C=O) groups is 3. The highest BCUT2D eigenvalue weighted by Gasteiger charge is 2.45. The van der Waals surface area contributed by atoms with Crippen LogP contribution in [0.2, 0.25) is 0 Å². The lowest BCUT2D eigenvalue weighted by Crippen LogP contribution is -2.59. The van der Waals surface area contributed by atoms with Gasteiger partial charge in [-0.15, -0.1) is 0 Å². The molecule has 0 unspecified atom stereocenters. The Kier molecular flexibility index (Phi) is 3.58. The Labute approximate surface area is 98.1 Å². The van der Waals surface area contributed by atoms with E-state index in [-0.39, 0.29) is 11.7 Å². The summed E-state index contributed by atoms with van der Waals surface area (Å²) in [6, 6.07) is 0. The number of hydrogen-bond acceptors (Lipinski definition) is 5. The van der Waals surface area contributed by atoms with Gasteiger partial charge in [-0.2, -0.15) is 0 Å². The first-order chi connectivity index (χ1) is 7.41. The van der Waals surface area contributed by atoms with Gasteiger partial charge in [-0.05, 0) is 19.1 Å². The Bertz CT molecular complexity index is 345. The molecule has 0 radical (unpaired) electrons. The molecule has 1 saturated heterocycles. The SMILES string of the molecule is CCOC(=O)C1C(=O)N(C)C(=S)N(C)C1=O. The molecule has 0 bridgehead atoms. The molecule has 0 aromatic rings. The minimum Gasteiger partial charge on any atom is -0.465 e. The highest BCUT2D eigenvalue weighted by atomic mass is 32.1. The van der Waals surface area contributed by atoms with E-state index in [4.69, 9.17) is 12.2 Å². The zero-order chi connectivity index (χ0) is 12.5. The summed E-state index contributed by atoms with van der Waals surface area (Å²) < 4.78 is 4.68. The topological polar surface area (TPSA) is 66.9 Å². The van der Waals surface area contributed by atoms with Crippen LogP contribution in [0, 0.1) is 5.92 Å². The Morgan fingerprint density at radius 1 is 1.31 bits per heavy atom. The van der Waals surface area contributed by atoms with Crippen molar-refractivity contribution in [3.63, 3.8) is 0 Å². The van der Waals surface area contributed by atoms with E-state index < -0.39 is 23.7 Å². The molecule has 1 aliphatic heterocycles. The van der Waals surface area contributed by atoms with Crippen molar-refractivity contribution in [3.05, 3.63) is 0 Å². The van der Waals surface area contributed by atoms with Gasteiger partial charge in [0.15, 0.2) is 5.11 Å². The van der Waals surface area contributed by atoms with Gasteiger partial charge in [-0.1, -0.05) is 0 Å². The van der Waals surface area contributed by atoms with E-state index in [9.17, 15) is 14.4 Å². The van der Waals surface area contributed by atoms with Gasteiger partial charge in [-0.25, -0.2) is 0 Å². The molecule has 88 valence electrons. The molecule has 0 aromatic heterocycles. The summed E-state index contributed by atoms with van der Waals surface area (Å²) in [6.45, 7) is 1.72. The molecule has 0 atom stereocenters. The highest BCUT2D eigenvalue weighted by Crippen LogP contribution is 2.16. The predicted molar refractivity (Wildman–Crippen MR) is 58.3 cm³/mol. The van der Waals surface area contributed by atoms with Gasteiger partial charge < -0.3 is 4.74 Å². The molecule has 1 rings (SSSR count). The third-order valence-electron chi connectivity index (χ3n) is 2.25. The normalized spacial score (nSPS) is 18.1. The maximum absolute atomic E-state index is 11.7. The van der Waals surface area contributed by atoms with E-state index in [1.165, 1.54) is 14.1 Å². The molecule has 6 nitrogen and oxygen atoms in total. The smallest absolute Gasteiger partial charge is 0.328 e. The fraction of sp³-hybridized carbons (Fsp3) is 0.556. The average Bonchev–Trinajstić information content (AvgIpc) is 2.24. The minimum absolute atomic E-state index is 0.0792. The Hall–Kier alpha value is -1.50. The van der Waals surface area contributed by atoms with Crippen LogP contribution in [0.4, 0.5) is 0 Å². The summed E-state index contributed by atoms with van der Waals surface area (Å²) in [5, 5.41) is 0.0792. The fourth-order valence-electron chi connectivity index (χ4n) is 1.33. The Morgan fingerprint density at radius 2 is 1.75 bits per heavy atom. The van der Waals surface area contributed by atoms with Crippen molar-refractivity contribution < 1.29 is 19.1 Å². The summed E-state index contributed by atoms with van der Waals surface area (Å²) >= 11 is 4.87. The number of amides is 2. The van der Waals surface area contributed by atoms with Gasteiger partial charge in [-0.3, -0.25) is 24.2 Å². The lowest BCUT2D eigenvalue weighted by molar-refractivity contribution is -0.161. The van der Waals surface area contributed by atoms with Crippen LogP contribution in [0.3, 0.4) is 0 Å². The standard InChI is InChI=1S/C9H12N2O4S/c1-4-15-8(14)5-6(12)10(2)9(16)11(3)7(5)13/h5H,4H2,1-3H3. The first-order valence-electron chi connectivity index (χ1n) is 4.67. The second kappa shape index (κ2) is 4.56. The van der Waals surface area contributed by atoms with E-state index >= 15 is 0 Å². The molecule has 0 aromatic carbocycles. The number of rotatable bonds is 2. The van der Waals surface area contributed by atoms with E-state index in [1.54, 1.807) is 6.92 Å². The van der Waals surface area contributed by atoms with E-state index in [0.29, 0.717) is 0 Å². The van der Waals surface area contributed by atoms with Gasteiger partial charge in [0.2, 0.25) is 5.92 Å². The third kappa shape index (κ3) is 1.90. The van der Waals surface area contributed by atoms with Gasteiger partial charge in [0.1, 0.15) is 0 Å². The third-order valence-corrected chi connectivity index (χ3v) is 2.80. The van der Waals surface area contributed by atoms with Crippen molar-refractivity contribution in [2.45, 2.75) is 6.92 Å². The van der Waals surface area contributed by atoms with Gasteiger partial charge in [0.05, 0.1) is 6.61 Å². The lowest BCUT2D eigenvalue weighted by atomic mass is 10.1. The summed E-state index contributed by atoms with van der Waals surface area (Å²) in [4.78, 5) is 37.0. The van der Waals surface area contributed by atoms with Crippen molar-refractivity contribution in [1.82, 2.24) is 9.80 Å². The van der Waals surface area contributed by atoms with Crippen LogP contribution in [0.1, 0.15) is 6.92 Å². The molecule has 0 N–H and O–H groups in total.